The van der Waals surface area contributed by atoms with Crippen LogP contribution in [0.15, 0.2) is 35.4 Å². The number of rotatable bonds is 9. The van der Waals surface area contributed by atoms with Crippen LogP contribution in [0.2, 0.25) is 0 Å². The van der Waals surface area contributed by atoms with E-state index in [-0.39, 0.29) is 4.90 Å². The number of nitrogens with zero attached hydrogens (tertiary/aromatic N) is 4. The lowest BCUT2D eigenvalue weighted by molar-refractivity contribution is 0.598. The van der Waals surface area contributed by atoms with E-state index in [2.05, 4.69) is 32.3 Å². The normalized spacial score (nSPS) is 11.3. The summed E-state index contributed by atoms with van der Waals surface area (Å²) in [6, 6.07) is 6.50. The second-order valence-electron chi connectivity index (χ2n) is 5.78. The number of hydrogen-bond acceptors (Lipinski definition) is 7. The van der Waals surface area contributed by atoms with Crippen molar-refractivity contribution >= 4 is 21.8 Å². The minimum absolute atomic E-state index is 0.111. The van der Waals surface area contributed by atoms with Crippen LogP contribution in [0.4, 0.5) is 11.8 Å². The number of anilines is 2. The van der Waals surface area contributed by atoms with Gasteiger partial charge in [0, 0.05) is 20.1 Å². The van der Waals surface area contributed by atoms with E-state index >= 15 is 0 Å². The van der Waals surface area contributed by atoms with E-state index in [1.165, 1.54) is 12.1 Å². The number of primary sulfonamides is 1. The number of aromatic nitrogens is 3. The number of unbranched alkanes of at least 4 members (excludes halogenated alkanes) is 1. The van der Waals surface area contributed by atoms with Gasteiger partial charge in [0.05, 0.1) is 11.1 Å². The predicted molar refractivity (Wildman–Crippen MR) is 98.0 cm³/mol. The highest BCUT2D eigenvalue weighted by Crippen LogP contribution is 2.11. The molecule has 1 heterocycles. The summed E-state index contributed by atoms with van der Waals surface area (Å²) in [7, 11) is -1.67. The first-order chi connectivity index (χ1) is 11.9. The van der Waals surface area contributed by atoms with E-state index in [9.17, 15) is 8.42 Å². The quantitative estimate of drug-likeness (QED) is 0.691. The summed E-state index contributed by atoms with van der Waals surface area (Å²) in [5, 5.41) is 16.2. The number of sulfonamides is 1. The minimum atomic E-state index is -3.65. The fourth-order valence-electron chi connectivity index (χ4n) is 2.23. The molecule has 0 bridgehead atoms. The van der Waals surface area contributed by atoms with Gasteiger partial charge in [-0.1, -0.05) is 25.5 Å². The summed E-state index contributed by atoms with van der Waals surface area (Å²) in [5.74, 6) is 1.26. The summed E-state index contributed by atoms with van der Waals surface area (Å²) in [5.41, 5.74) is 0.990. The molecule has 9 heteroatoms. The maximum absolute atomic E-state index is 11.2. The van der Waals surface area contributed by atoms with Crippen molar-refractivity contribution in [3.63, 3.8) is 0 Å². The molecule has 2 rings (SSSR count). The molecule has 0 spiro atoms. The maximum atomic E-state index is 11.2. The Hall–Kier alpha value is -2.26. The topological polar surface area (TPSA) is 114 Å². The number of nitrogens with two attached hydrogens (primary N) is 1. The average Bonchev–Trinajstić information content (AvgIpc) is 2.59. The summed E-state index contributed by atoms with van der Waals surface area (Å²) in [6.45, 7) is 3.68. The van der Waals surface area contributed by atoms with Crippen molar-refractivity contribution in [2.24, 2.45) is 5.14 Å². The van der Waals surface area contributed by atoms with Crippen LogP contribution in [0.1, 0.15) is 25.3 Å². The second kappa shape index (κ2) is 8.72. The maximum Gasteiger partial charge on any atom is 0.244 e. The summed E-state index contributed by atoms with van der Waals surface area (Å²) < 4.78 is 22.5. The van der Waals surface area contributed by atoms with Crippen molar-refractivity contribution < 1.29 is 8.42 Å². The van der Waals surface area contributed by atoms with E-state index < -0.39 is 10.0 Å². The Morgan fingerprint density at radius 3 is 2.60 bits per heavy atom. The first-order valence-corrected chi connectivity index (χ1v) is 9.71. The second-order valence-corrected chi connectivity index (χ2v) is 7.34. The molecule has 0 aliphatic rings. The Bertz CT molecular complexity index is 779. The smallest absolute Gasteiger partial charge is 0.244 e. The molecule has 0 fully saturated rings. The SMILES string of the molecule is CCCCN(C)c1cnnc(NCCc2ccc(S(N)(=O)=O)cc2)n1. The highest BCUT2D eigenvalue weighted by atomic mass is 32.2. The molecule has 0 saturated carbocycles. The van der Waals surface area contributed by atoms with Gasteiger partial charge >= 0.3 is 0 Å². The average molecular weight is 364 g/mol. The van der Waals surface area contributed by atoms with Crippen LogP contribution >= 0.6 is 0 Å². The molecular weight excluding hydrogens is 340 g/mol. The summed E-state index contributed by atoms with van der Waals surface area (Å²) >= 11 is 0. The Morgan fingerprint density at radius 2 is 1.96 bits per heavy atom. The fourth-order valence-corrected chi connectivity index (χ4v) is 2.74. The molecule has 0 radical (unpaired) electrons. The molecule has 136 valence electrons. The molecule has 0 aliphatic heterocycles. The van der Waals surface area contributed by atoms with Crippen molar-refractivity contribution in [2.75, 3.05) is 30.4 Å². The Balaban J connectivity index is 1.89. The molecular formula is C16H24N6O2S. The van der Waals surface area contributed by atoms with Crippen LogP contribution in [0.5, 0.6) is 0 Å². The number of nitrogens with one attached hydrogen (secondary N) is 1. The van der Waals surface area contributed by atoms with Gasteiger partial charge < -0.3 is 10.2 Å². The highest BCUT2D eigenvalue weighted by molar-refractivity contribution is 7.89. The Morgan fingerprint density at radius 1 is 1.24 bits per heavy atom. The molecule has 0 atom stereocenters. The third kappa shape index (κ3) is 5.95. The molecule has 25 heavy (non-hydrogen) atoms. The summed E-state index contributed by atoms with van der Waals surface area (Å²) in [4.78, 5) is 6.61. The molecule has 1 aromatic heterocycles. The van der Waals surface area contributed by atoms with Crippen LogP contribution in [-0.2, 0) is 16.4 Å². The molecule has 8 nitrogen and oxygen atoms in total. The lowest BCUT2D eigenvalue weighted by Crippen LogP contribution is -2.21. The van der Waals surface area contributed by atoms with Crippen molar-refractivity contribution in [3.05, 3.63) is 36.0 Å². The third-order valence-corrected chi connectivity index (χ3v) is 4.66. The van der Waals surface area contributed by atoms with Crippen LogP contribution in [-0.4, -0.2) is 43.7 Å². The lowest BCUT2D eigenvalue weighted by Gasteiger charge is -2.17. The Labute approximate surface area is 148 Å². The van der Waals surface area contributed by atoms with Crippen LogP contribution in [0.3, 0.4) is 0 Å². The number of hydrogen-bond donors (Lipinski definition) is 2. The van der Waals surface area contributed by atoms with Crippen molar-refractivity contribution in [1.82, 2.24) is 15.2 Å². The predicted octanol–water partition coefficient (Wildman–Crippen LogP) is 1.41. The zero-order valence-electron chi connectivity index (χ0n) is 14.5. The van der Waals surface area contributed by atoms with E-state index in [1.807, 2.05) is 7.05 Å². The molecule has 0 aliphatic carbocycles. The van der Waals surface area contributed by atoms with E-state index in [4.69, 9.17) is 5.14 Å². The van der Waals surface area contributed by atoms with Gasteiger partial charge in [-0.3, -0.25) is 0 Å². The lowest BCUT2D eigenvalue weighted by atomic mass is 10.1. The standard InChI is InChI=1S/C16H24N6O2S/c1-3-4-11-22(2)15-12-19-21-16(20-15)18-10-9-13-5-7-14(8-6-13)25(17,23)24/h5-8,12H,3-4,9-11H2,1-2H3,(H2,17,23,24)(H,18,20,21). The monoisotopic (exact) mass is 364 g/mol. The van der Waals surface area contributed by atoms with Gasteiger partial charge in [-0.2, -0.15) is 10.1 Å². The van der Waals surface area contributed by atoms with Gasteiger partial charge in [0.1, 0.15) is 0 Å². The van der Waals surface area contributed by atoms with E-state index in [0.717, 1.165) is 30.8 Å². The largest absolute Gasteiger partial charge is 0.358 e. The molecule has 0 unspecified atom stereocenters. The van der Waals surface area contributed by atoms with Gasteiger partial charge in [0.2, 0.25) is 16.0 Å². The highest BCUT2D eigenvalue weighted by Gasteiger charge is 2.07. The van der Waals surface area contributed by atoms with Crippen molar-refractivity contribution in [3.8, 4) is 0 Å². The van der Waals surface area contributed by atoms with Gasteiger partial charge in [0.15, 0.2) is 5.82 Å². The van der Waals surface area contributed by atoms with Gasteiger partial charge in [-0.15, -0.1) is 5.10 Å². The molecule has 3 N–H and O–H groups in total. The van der Waals surface area contributed by atoms with Gasteiger partial charge in [0.25, 0.3) is 0 Å². The third-order valence-electron chi connectivity index (χ3n) is 3.73. The molecule has 0 saturated heterocycles. The fraction of sp³-hybridized carbons (Fsp3) is 0.438. The van der Waals surface area contributed by atoms with Gasteiger partial charge in [-0.05, 0) is 30.5 Å². The minimum Gasteiger partial charge on any atom is -0.358 e. The van der Waals surface area contributed by atoms with Crippen LogP contribution in [0.25, 0.3) is 0 Å². The van der Waals surface area contributed by atoms with E-state index in [1.54, 1.807) is 18.3 Å². The molecule has 2 aromatic rings. The molecule has 0 amide bonds. The van der Waals surface area contributed by atoms with Gasteiger partial charge in [-0.25, -0.2) is 13.6 Å². The Kier molecular flexibility index (Phi) is 6.65. The zero-order valence-corrected chi connectivity index (χ0v) is 15.3. The first kappa shape index (κ1) is 19.1. The molecule has 1 aromatic carbocycles. The number of benzene rings is 1. The zero-order chi connectivity index (χ0) is 18.3. The first-order valence-electron chi connectivity index (χ1n) is 8.16. The summed E-state index contributed by atoms with van der Waals surface area (Å²) in [6.07, 6.45) is 4.56. The van der Waals surface area contributed by atoms with Crippen molar-refractivity contribution in [1.29, 1.82) is 0 Å². The van der Waals surface area contributed by atoms with E-state index in [0.29, 0.717) is 18.9 Å². The van der Waals surface area contributed by atoms with Crippen LogP contribution in [0, 0.1) is 0 Å². The van der Waals surface area contributed by atoms with Crippen LogP contribution < -0.4 is 15.4 Å². The van der Waals surface area contributed by atoms with Crippen molar-refractivity contribution in [2.45, 2.75) is 31.1 Å².